The highest BCUT2D eigenvalue weighted by molar-refractivity contribution is 5.81. The van der Waals surface area contributed by atoms with Crippen LogP contribution in [0, 0.1) is 11.3 Å². The van der Waals surface area contributed by atoms with Gasteiger partial charge < -0.3 is 20.4 Å². The summed E-state index contributed by atoms with van der Waals surface area (Å²) in [4.78, 5) is 13.8. The van der Waals surface area contributed by atoms with Crippen LogP contribution in [-0.2, 0) is 6.18 Å². The van der Waals surface area contributed by atoms with E-state index in [4.69, 9.17) is 10.1 Å². The summed E-state index contributed by atoms with van der Waals surface area (Å²) in [5, 5.41) is 9.88. The molecule has 1 aliphatic heterocycles. The minimum atomic E-state index is -4.62. The number of halogens is 5. The minimum absolute atomic E-state index is 0.0505. The summed E-state index contributed by atoms with van der Waals surface area (Å²) in [6.45, 7) is 1.94. The van der Waals surface area contributed by atoms with Gasteiger partial charge in [-0.05, 0) is 31.9 Å². The lowest BCUT2D eigenvalue weighted by Gasteiger charge is -2.40. The molecule has 1 fully saturated rings. The largest absolute Gasteiger partial charge is 0.491 e. The molecule has 1 saturated heterocycles. The van der Waals surface area contributed by atoms with Gasteiger partial charge in [-0.1, -0.05) is 0 Å². The molecule has 7 nitrogen and oxygen atoms in total. The number of pyridine rings is 1. The average molecular weight is 458 g/mol. The van der Waals surface area contributed by atoms with Crippen LogP contribution in [0.5, 0.6) is 5.75 Å². The molecule has 2 aromatic rings. The third-order valence-corrected chi connectivity index (χ3v) is 5.28. The minimum Gasteiger partial charge on any atom is -0.491 e. The number of alkyl halides is 5. The molecule has 3 rings (SSSR count). The highest BCUT2D eigenvalue weighted by Gasteiger charge is 2.37. The second-order valence-corrected chi connectivity index (χ2v) is 7.37. The van der Waals surface area contributed by atoms with Crippen LogP contribution in [0.3, 0.4) is 0 Å². The number of rotatable bonds is 8. The highest BCUT2D eigenvalue weighted by Crippen LogP contribution is 2.35. The Morgan fingerprint density at radius 3 is 2.81 bits per heavy atom. The van der Waals surface area contributed by atoms with E-state index in [0.717, 1.165) is 25.3 Å². The van der Waals surface area contributed by atoms with Crippen molar-refractivity contribution in [2.75, 3.05) is 29.9 Å². The summed E-state index contributed by atoms with van der Waals surface area (Å²) in [5.41, 5.74) is -0.932. The first kappa shape index (κ1) is 23.6. The molecule has 2 atom stereocenters. The molecule has 2 unspecified atom stereocenters. The van der Waals surface area contributed by atoms with Crippen LogP contribution in [0.2, 0.25) is 0 Å². The van der Waals surface area contributed by atoms with Crippen LogP contribution in [-0.4, -0.2) is 53.3 Å². The van der Waals surface area contributed by atoms with Gasteiger partial charge in [-0.3, -0.25) is 0 Å². The lowest BCUT2D eigenvalue weighted by atomic mass is 9.91. The maximum Gasteiger partial charge on any atom is 0.437 e. The van der Waals surface area contributed by atoms with Crippen LogP contribution in [0.1, 0.15) is 31.2 Å². The van der Waals surface area contributed by atoms with Gasteiger partial charge >= 0.3 is 6.18 Å². The number of nitrogens with one attached hydrogen (secondary N) is 2. The molecule has 0 aliphatic carbocycles. The van der Waals surface area contributed by atoms with Crippen LogP contribution >= 0.6 is 0 Å². The Morgan fingerprint density at radius 2 is 2.12 bits per heavy atom. The third-order valence-electron chi connectivity index (χ3n) is 5.28. The number of ether oxygens (including phenoxy) is 1. The Kier molecular flexibility index (Phi) is 7.41. The third kappa shape index (κ3) is 5.60. The van der Waals surface area contributed by atoms with Gasteiger partial charge in [0.1, 0.15) is 17.3 Å². The van der Waals surface area contributed by atoms with Gasteiger partial charge in [-0.2, -0.15) is 13.2 Å². The average Bonchev–Trinajstić information content (AvgIpc) is 2.76. The lowest BCUT2D eigenvalue weighted by molar-refractivity contribution is -0.142. The molecule has 0 saturated carbocycles. The topological polar surface area (TPSA) is 87.0 Å². The number of piperidine rings is 1. The van der Waals surface area contributed by atoms with E-state index >= 15 is 0 Å². The van der Waals surface area contributed by atoms with E-state index in [-0.39, 0.29) is 35.8 Å². The predicted octanol–water partition coefficient (Wildman–Crippen LogP) is 4.25. The summed E-state index contributed by atoms with van der Waals surface area (Å²) < 4.78 is 70.1. The molecule has 2 N–H and O–H groups in total. The summed E-state index contributed by atoms with van der Waals surface area (Å²) >= 11 is 0. The molecule has 1 aliphatic rings. The molecular weight excluding hydrogens is 435 g/mol. The van der Waals surface area contributed by atoms with Crippen LogP contribution in [0.4, 0.5) is 33.6 Å². The molecule has 0 aromatic carbocycles. The van der Waals surface area contributed by atoms with Crippen molar-refractivity contribution in [1.29, 1.82) is 5.41 Å². The van der Waals surface area contributed by atoms with E-state index < -0.39 is 24.8 Å². The van der Waals surface area contributed by atoms with Crippen molar-refractivity contribution in [2.24, 2.45) is 5.92 Å². The summed E-state index contributed by atoms with van der Waals surface area (Å²) in [7, 11) is 0. The zero-order valence-corrected chi connectivity index (χ0v) is 17.2. The molecule has 3 heterocycles. The van der Waals surface area contributed by atoms with Crippen LogP contribution in [0.25, 0.3) is 0 Å². The Bertz CT molecular complexity index is 926. The standard InChI is InChI=1S/C20H23F5N6O/c1-12-13(11-32-15-5-2-6-27-18(15)20(23,24)25)4-3-7-31(12)17-10-28-14(8-26)19(30-17)29-9-16(21)22/h2,5-6,8,10,12-13,16,26H,3-4,7,9,11H2,1H3,(H,29,30). The van der Waals surface area contributed by atoms with Crippen molar-refractivity contribution in [3.8, 4) is 5.75 Å². The first-order valence-electron chi connectivity index (χ1n) is 10.0. The molecule has 0 radical (unpaired) electrons. The van der Waals surface area contributed by atoms with Gasteiger partial charge in [0.15, 0.2) is 11.5 Å². The van der Waals surface area contributed by atoms with E-state index in [0.29, 0.717) is 12.4 Å². The summed E-state index contributed by atoms with van der Waals surface area (Å²) in [6.07, 6.45) is -2.29. The highest BCUT2D eigenvalue weighted by atomic mass is 19.4. The van der Waals surface area contributed by atoms with E-state index in [1.165, 1.54) is 18.3 Å². The zero-order valence-electron chi connectivity index (χ0n) is 17.2. The van der Waals surface area contributed by atoms with E-state index in [2.05, 4.69) is 20.3 Å². The molecule has 2 aromatic heterocycles. The van der Waals surface area contributed by atoms with Gasteiger partial charge in [0.05, 0.1) is 19.3 Å². The van der Waals surface area contributed by atoms with Gasteiger partial charge in [0.2, 0.25) is 0 Å². The van der Waals surface area contributed by atoms with Crippen molar-refractivity contribution in [1.82, 2.24) is 15.0 Å². The van der Waals surface area contributed by atoms with Crippen LogP contribution in [0.15, 0.2) is 24.5 Å². The molecule has 32 heavy (non-hydrogen) atoms. The summed E-state index contributed by atoms with van der Waals surface area (Å²) in [5.74, 6) is 0.0835. The van der Waals surface area contributed by atoms with Crippen molar-refractivity contribution < 1.29 is 26.7 Å². The van der Waals surface area contributed by atoms with E-state index in [9.17, 15) is 22.0 Å². The second-order valence-electron chi connectivity index (χ2n) is 7.37. The predicted molar refractivity (Wildman–Crippen MR) is 109 cm³/mol. The number of aromatic nitrogens is 3. The Hall–Kier alpha value is -3.05. The zero-order chi connectivity index (χ0) is 23.3. The van der Waals surface area contributed by atoms with Crippen molar-refractivity contribution in [2.45, 2.75) is 38.4 Å². The summed E-state index contributed by atoms with van der Waals surface area (Å²) in [6, 6.07) is 2.47. The molecule has 12 heteroatoms. The van der Waals surface area contributed by atoms with Crippen molar-refractivity contribution in [3.63, 3.8) is 0 Å². The Balaban J connectivity index is 1.74. The number of hydrogen-bond donors (Lipinski definition) is 2. The van der Waals surface area contributed by atoms with Gasteiger partial charge in [-0.25, -0.2) is 23.7 Å². The fourth-order valence-corrected chi connectivity index (χ4v) is 3.62. The van der Waals surface area contributed by atoms with Crippen molar-refractivity contribution >= 4 is 17.9 Å². The van der Waals surface area contributed by atoms with E-state index in [1.54, 1.807) is 0 Å². The molecule has 0 bridgehead atoms. The monoisotopic (exact) mass is 458 g/mol. The number of anilines is 2. The smallest absolute Gasteiger partial charge is 0.437 e. The number of hydrogen-bond acceptors (Lipinski definition) is 7. The molecular formula is C20H23F5N6O. The van der Waals surface area contributed by atoms with Crippen molar-refractivity contribution in [3.05, 3.63) is 35.9 Å². The lowest BCUT2D eigenvalue weighted by Crippen LogP contribution is -2.46. The fourth-order valence-electron chi connectivity index (χ4n) is 3.62. The SMILES string of the molecule is CC1C(COc2cccnc2C(F)(F)F)CCCN1c1cnc(C=N)c(NCC(F)F)n1. The van der Waals surface area contributed by atoms with E-state index in [1.807, 2.05) is 11.8 Å². The van der Waals surface area contributed by atoms with Gasteiger partial charge in [-0.15, -0.1) is 0 Å². The van der Waals surface area contributed by atoms with Gasteiger partial charge in [0, 0.05) is 30.9 Å². The number of nitrogens with zero attached hydrogens (tertiary/aromatic N) is 4. The van der Waals surface area contributed by atoms with Gasteiger partial charge in [0.25, 0.3) is 6.43 Å². The first-order valence-corrected chi connectivity index (χ1v) is 10.0. The normalized spacial score (nSPS) is 19.2. The first-order chi connectivity index (χ1) is 15.2. The molecule has 0 amide bonds. The molecule has 174 valence electrons. The Morgan fingerprint density at radius 1 is 1.34 bits per heavy atom. The maximum absolute atomic E-state index is 13.2. The molecule has 0 spiro atoms. The fraction of sp³-hybridized carbons (Fsp3) is 0.500. The Labute approximate surface area is 181 Å². The van der Waals surface area contributed by atoms with Crippen LogP contribution < -0.4 is 15.0 Å². The quantitative estimate of drug-likeness (QED) is 0.454. The second kappa shape index (κ2) is 10.0. The maximum atomic E-state index is 13.2.